The van der Waals surface area contributed by atoms with Crippen molar-refractivity contribution < 1.29 is 4.74 Å². The third-order valence-electron chi connectivity index (χ3n) is 2.71. The van der Waals surface area contributed by atoms with Gasteiger partial charge in [0.2, 0.25) is 0 Å². The fourth-order valence-corrected chi connectivity index (χ4v) is 2.07. The zero-order valence-corrected chi connectivity index (χ0v) is 9.81. The SMILES string of the molecule is Clc1nc(-c2ccncc2)nc2c1COCC2. The van der Waals surface area contributed by atoms with Gasteiger partial charge in [0.15, 0.2) is 5.82 Å². The number of aromatic nitrogens is 3. The second kappa shape index (κ2) is 4.39. The highest BCUT2D eigenvalue weighted by atomic mass is 35.5. The Hall–Kier alpha value is -1.52. The molecule has 1 aliphatic rings. The summed E-state index contributed by atoms with van der Waals surface area (Å²) in [6, 6.07) is 3.74. The molecule has 0 aromatic carbocycles. The molecule has 0 N–H and O–H groups in total. The van der Waals surface area contributed by atoms with Gasteiger partial charge < -0.3 is 4.74 Å². The minimum atomic E-state index is 0.488. The Morgan fingerprint density at radius 3 is 2.82 bits per heavy atom. The van der Waals surface area contributed by atoms with Crippen molar-refractivity contribution in [2.75, 3.05) is 6.61 Å². The van der Waals surface area contributed by atoms with E-state index in [4.69, 9.17) is 16.3 Å². The van der Waals surface area contributed by atoms with Gasteiger partial charge in [-0.15, -0.1) is 0 Å². The minimum absolute atomic E-state index is 0.488. The molecule has 0 radical (unpaired) electrons. The van der Waals surface area contributed by atoms with Gasteiger partial charge in [0.05, 0.1) is 18.9 Å². The van der Waals surface area contributed by atoms with Crippen molar-refractivity contribution in [3.05, 3.63) is 40.9 Å². The van der Waals surface area contributed by atoms with Crippen molar-refractivity contribution in [1.82, 2.24) is 15.0 Å². The van der Waals surface area contributed by atoms with Gasteiger partial charge in [-0.05, 0) is 12.1 Å². The van der Waals surface area contributed by atoms with Crippen molar-refractivity contribution in [2.24, 2.45) is 0 Å². The first-order chi connectivity index (χ1) is 8.34. The number of hydrogen-bond acceptors (Lipinski definition) is 4. The van der Waals surface area contributed by atoms with E-state index < -0.39 is 0 Å². The maximum atomic E-state index is 6.15. The molecule has 3 heterocycles. The minimum Gasteiger partial charge on any atom is -0.376 e. The van der Waals surface area contributed by atoms with Crippen molar-refractivity contribution in [3.8, 4) is 11.4 Å². The number of halogens is 1. The topological polar surface area (TPSA) is 47.9 Å². The van der Waals surface area contributed by atoms with E-state index in [-0.39, 0.29) is 0 Å². The van der Waals surface area contributed by atoms with Gasteiger partial charge in [0, 0.05) is 29.9 Å². The van der Waals surface area contributed by atoms with Crippen LogP contribution < -0.4 is 0 Å². The van der Waals surface area contributed by atoms with Crippen LogP contribution in [0.3, 0.4) is 0 Å². The average Bonchev–Trinajstić information content (AvgIpc) is 2.40. The van der Waals surface area contributed by atoms with Gasteiger partial charge in [0.1, 0.15) is 5.15 Å². The molecule has 0 atom stereocenters. The number of hydrogen-bond donors (Lipinski definition) is 0. The summed E-state index contributed by atoms with van der Waals surface area (Å²) in [5.41, 5.74) is 2.83. The maximum Gasteiger partial charge on any atom is 0.161 e. The molecule has 0 amide bonds. The average molecular weight is 248 g/mol. The van der Waals surface area contributed by atoms with Crippen molar-refractivity contribution in [1.29, 1.82) is 0 Å². The van der Waals surface area contributed by atoms with Gasteiger partial charge in [-0.3, -0.25) is 4.98 Å². The summed E-state index contributed by atoms with van der Waals surface area (Å²) in [6.45, 7) is 1.20. The van der Waals surface area contributed by atoms with E-state index in [0.717, 1.165) is 23.2 Å². The van der Waals surface area contributed by atoms with E-state index in [9.17, 15) is 0 Å². The number of pyridine rings is 1. The Kier molecular flexibility index (Phi) is 2.74. The van der Waals surface area contributed by atoms with Crippen LogP contribution in [-0.2, 0) is 17.8 Å². The molecular weight excluding hydrogens is 238 g/mol. The highest BCUT2D eigenvalue weighted by molar-refractivity contribution is 6.30. The molecule has 0 fully saturated rings. The zero-order valence-electron chi connectivity index (χ0n) is 9.06. The van der Waals surface area contributed by atoms with Crippen LogP contribution in [0.1, 0.15) is 11.3 Å². The summed E-state index contributed by atoms with van der Waals surface area (Å²) in [4.78, 5) is 12.8. The van der Waals surface area contributed by atoms with Crippen LogP contribution in [0.15, 0.2) is 24.5 Å². The van der Waals surface area contributed by atoms with Gasteiger partial charge >= 0.3 is 0 Å². The largest absolute Gasteiger partial charge is 0.376 e. The summed E-state index contributed by atoms with van der Waals surface area (Å²) >= 11 is 6.15. The summed E-state index contributed by atoms with van der Waals surface area (Å²) < 4.78 is 5.35. The maximum absolute atomic E-state index is 6.15. The first kappa shape index (κ1) is 10.6. The van der Waals surface area contributed by atoms with Crippen LogP contribution in [0.25, 0.3) is 11.4 Å². The standard InChI is InChI=1S/C12H10ClN3O/c13-11-9-7-17-6-3-10(9)15-12(16-11)8-1-4-14-5-2-8/h1-2,4-5H,3,6-7H2. The van der Waals surface area contributed by atoms with Gasteiger partial charge in [-0.1, -0.05) is 11.6 Å². The lowest BCUT2D eigenvalue weighted by Gasteiger charge is -2.17. The molecule has 0 spiro atoms. The van der Waals surface area contributed by atoms with E-state index in [1.165, 1.54) is 0 Å². The van der Waals surface area contributed by atoms with Crippen molar-refractivity contribution in [3.63, 3.8) is 0 Å². The molecule has 4 nitrogen and oxygen atoms in total. The molecule has 0 bridgehead atoms. The number of rotatable bonds is 1. The molecule has 17 heavy (non-hydrogen) atoms. The Balaban J connectivity index is 2.11. The van der Waals surface area contributed by atoms with Gasteiger partial charge in [0.25, 0.3) is 0 Å². The van der Waals surface area contributed by atoms with Gasteiger partial charge in [-0.25, -0.2) is 9.97 Å². The first-order valence-corrected chi connectivity index (χ1v) is 5.76. The molecule has 1 aliphatic heterocycles. The monoisotopic (exact) mass is 247 g/mol. The molecule has 0 aliphatic carbocycles. The fraction of sp³-hybridized carbons (Fsp3) is 0.250. The molecule has 0 saturated heterocycles. The van der Waals surface area contributed by atoms with Crippen molar-refractivity contribution in [2.45, 2.75) is 13.0 Å². The third kappa shape index (κ3) is 2.01. The Labute approximate surface area is 104 Å². The van der Waals surface area contributed by atoms with Crippen LogP contribution in [0.2, 0.25) is 5.15 Å². The summed E-state index contributed by atoms with van der Waals surface area (Å²) in [6.07, 6.45) is 4.22. The van der Waals surface area contributed by atoms with Crippen LogP contribution >= 0.6 is 11.6 Å². The molecule has 3 rings (SSSR count). The quantitative estimate of drug-likeness (QED) is 0.726. The first-order valence-electron chi connectivity index (χ1n) is 5.38. The Morgan fingerprint density at radius 1 is 1.18 bits per heavy atom. The second-order valence-corrected chi connectivity index (χ2v) is 4.16. The third-order valence-corrected chi connectivity index (χ3v) is 3.02. The van der Waals surface area contributed by atoms with Crippen LogP contribution in [0.5, 0.6) is 0 Å². The van der Waals surface area contributed by atoms with E-state index in [1.807, 2.05) is 12.1 Å². The van der Waals surface area contributed by atoms with E-state index in [2.05, 4.69) is 15.0 Å². The van der Waals surface area contributed by atoms with Crippen LogP contribution in [-0.4, -0.2) is 21.6 Å². The van der Waals surface area contributed by atoms with E-state index in [0.29, 0.717) is 24.2 Å². The molecule has 2 aromatic heterocycles. The van der Waals surface area contributed by atoms with E-state index in [1.54, 1.807) is 12.4 Å². The van der Waals surface area contributed by atoms with Crippen LogP contribution in [0, 0.1) is 0 Å². The zero-order chi connectivity index (χ0) is 11.7. The molecule has 0 unspecified atom stereocenters. The number of nitrogens with zero attached hydrogens (tertiary/aromatic N) is 3. The van der Waals surface area contributed by atoms with Gasteiger partial charge in [-0.2, -0.15) is 0 Å². The molecule has 2 aromatic rings. The lowest BCUT2D eigenvalue weighted by atomic mass is 10.1. The number of fused-ring (bicyclic) bond motifs is 1. The highest BCUT2D eigenvalue weighted by Crippen LogP contribution is 2.25. The summed E-state index contributed by atoms with van der Waals surface area (Å²) in [7, 11) is 0. The van der Waals surface area contributed by atoms with Crippen molar-refractivity contribution >= 4 is 11.6 Å². The predicted octanol–water partition coefficient (Wildman–Crippen LogP) is 2.26. The van der Waals surface area contributed by atoms with E-state index >= 15 is 0 Å². The summed E-state index contributed by atoms with van der Waals surface area (Å²) in [5, 5.41) is 0.488. The molecule has 86 valence electrons. The lowest BCUT2D eigenvalue weighted by Crippen LogP contribution is -2.14. The fourth-order valence-electron chi connectivity index (χ4n) is 1.82. The molecule has 0 saturated carbocycles. The highest BCUT2D eigenvalue weighted by Gasteiger charge is 2.17. The molecular formula is C12H10ClN3O. The predicted molar refractivity (Wildman–Crippen MR) is 63.6 cm³/mol. The Morgan fingerprint density at radius 2 is 2.00 bits per heavy atom. The Bertz CT molecular complexity index is 545. The normalized spacial score (nSPS) is 14.4. The number of ether oxygens (including phenoxy) is 1. The smallest absolute Gasteiger partial charge is 0.161 e. The second-order valence-electron chi connectivity index (χ2n) is 3.80. The molecule has 5 heteroatoms. The summed E-state index contributed by atoms with van der Waals surface area (Å²) in [5.74, 6) is 0.651. The lowest BCUT2D eigenvalue weighted by molar-refractivity contribution is 0.109. The van der Waals surface area contributed by atoms with Crippen LogP contribution in [0.4, 0.5) is 0 Å².